The molecule has 208 valence electrons. The number of halogens is 2. The summed E-state index contributed by atoms with van der Waals surface area (Å²) < 4.78 is 0. The Labute approximate surface area is 237 Å². The molecule has 2 amide bonds. The van der Waals surface area contributed by atoms with Gasteiger partial charge < -0.3 is 20.4 Å². The molecule has 1 aliphatic carbocycles. The highest BCUT2D eigenvalue weighted by Gasteiger charge is 2.34. The van der Waals surface area contributed by atoms with Crippen molar-refractivity contribution in [2.75, 3.05) is 49.9 Å². The summed E-state index contributed by atoms with van der Waals surface area (Å²) in [6, 6.07) is 9.81. The van der Waals surface area contributed by atoms with Crippen LogP contribution in [0.25, 0.3) is 0 Å². The summed E-state index contributed by atoms with van der Waals surface area (Å²) in [5, 5.41) is 5.67. The minimum atomic E-state index is -0.349. The highest BCUT2D eigenvalue weighted by molar-refractivity contribution is 6.32. The van der Waals surface area contributed by atoms with E-state index in [0.717, 1.165) is 26.2 Å². The van der Waals surface area contributed by atoms with Gasteiger partial charge in [-0.1, -0.05) is 52.0 Å². The lowest BCUT2D eigenvalue weighted by Crippen LogP contribution is -2.30. The Morgan fingerprint density at radius 1 is 0.632 bits per heavy atom. The summed E-state index contributed by atoms with van der Waals surface area (Å²) in [5.41, 5.74) is 1.39. The van der Waals surface area contributed by atoms with E-state index in [1.807, 2.05) is 27.7 Å². The Kier molecular flexibility index (Phi) is 13.6. The number of carbonyl (C=O) groups is 4. The lowest BCUT2D eigenvalue weighted by atomic mass is 9.82. The molecule has 0 heterocycles. The molecule has 2 aromatic rings. The summed E-state index contributed by atoms with van der Waals surface area (Å²) in [6.07, 6.45) is 0.526. The Balaban J connectivity index is 0.00000361. The van der Waals surface area contributed by atoms with Gasteiger partial charge in [0.1, 0.15) is 0 Å². The molecule has 0 spiro atoms. The minimum absolute atomic E-state index is 0. The fourth-order valence-corrected chi connectivity index (χ4v) is 4.46. The fraction of sp³-hybridized carbons (Fsp3) is 0.429. The summed E-state index contributed by atoms with van der Waals surface area (Å²) in [6.45, 7) is 12.7. The van der Waals surface area contributed by atoms with E-state index in [1.165, 1.54) is 0 Å². The number of benzene rings is 2. The van der Waals surface area contributed by atoms with Crippen LogP contribution < -0.4 is 10.6 Å². The summed E-state index contributed by atoms with van der Waals surface area (Å²) in [7, 11) is 0. The summed E-state index contributed by atoms with van der Waals surface area (Å²) >= 11 is 0. The second-order valence-corrected chi connectivity index (χ2v) is 8.76. The number of nitrogens with zero attached hydrogens (tertiary/aromatic N) is 2. The van der Waals surface area contributed by atoms with E-state index in [0.29, 0.717) is 24.2 Å². The predicted molar refractivity (Wildman–Crippen MR) is 156 cm³/mol. The number of hydrogen-bond donors (Lipinski definition) is 2. The van der Waals surface area contributed by atoms with E-state index in [9.17, 15) is 19.2 Å². The van der Waals surface area contributed by atoms with Crippen molar-refractivity contribution in [3.63, 3.8) is 0 Å². The van der Waals surface area contributed by atoms with Crippen molar-refractivity contribution in [1.29, 1.82) is 0 Å². The molecule has 1 aliphatic rings. The third kappa shape index (κ3) is 7.63. The predicted octanol–water partition coefficient (Wildman–Crippen LogP) is 4.65. The van der Waals surface area contributed by atoms with E-state index in [1.54, 1.807) is 36.4 Å². The number of amides is 2. The van der Waals surface area contributed by atoms with E-state index in [2.05, 4.69) is 20.4 Å². The van der Waals surface area contributed by atoms with Crippen LogP contribution in [0.3, 0.4) is 0 Å². The van der Waals surface area contributed by atoms with E-state index >= 15 is 0 Å². The lowest BCUT2D eigenvalue weighted by Gasteiger charge is -2.24. The van der Waals surface area contributed by atoms with Gasteiger partial charge in [-0.3, -0.25) is 19.2 Å². The number of ketones is 2. The van der Waals surface area contributed by atoms with Crippen molar-refractivity contribution in [3.05, 3.63) is 58.7 Å². The number of hydrogen-bond acceptors (Lipinski definition) is 6. The normalized spacial score (nSPS) is 11.8. The second-order valence-electron chi connectivity index (χ2n) is 8.76. The van der Waals surface area contributed by atoms with E-state index < -0.39 is 0 Å². The van der Waals surface area contributed by atoms with Crippen molar-refractivity contribution in [1.82, 2.24) is 9.80 Å². The number of carbonyl (C=O) groups excluding carboxylic acids is 4. The van der Waals surface area contributed by atoms with Crippen LogP contribution >= 0.6 is 24.8 Å². The van der Waals surface area contributed by atoms with Crippen LogP contribution in [0.2, 0.25) is 0 Å². The molecule has 0 bridgehead atoms. The smallest absolute Gasteiger partial charge is 0.225 e. The highest BCUT2D eigenvalue weighted by atomic mass is 35.5. The fourth-order valence-electron chi connectivity index (χ4n) is 4.46. The van der Waals surface area contributed by atoms with Gasteiger partial charge in [0.25, 0.3) is 0 Å². The maximum Gasteiger partial charge on any atom is 0.225 e. The van der Waals surface area contributed by atoms with Crippen LogP contribution in [0, 0.1) is 0 Å². The molecule has 3 rings (SSSR count). The maximum absolute atomic E-state index is 13.5. The zero-order chi connectivity index (χ0) is 26.2. The molecule has 0 saturated carbocycles. The van der Waals surface area contributed by atoms with Gasteiger partial charge in [-0.15, -0.1) is 24.8 Å². The monoisotopic (exact) mass is 564 g/mol. The Bertz CT molecular complexity index is 1060. The zero-order valence-corrected chi connectivity index (χ0v) is 24.1. The first-order valence-corrected chi connectivity index (χ1v) is 12.7. The molecule has 0 atom stereocenters. The number of fused-ring (bicyclic) bond motifs is 2. The number of rotatable bonds is 12. The van der Waals surface area contributed by atoms with E-state index in [4.69, 9.17) is 0 Å². The van der Waals surface area contributed by atoms with Crippen molar-refractivity contribution >= 4 is 59.6 Å². The zero-order valence-electron chi connectivity index (χ0n) is 22.5. The van der Waals surface area contributed by atoms with Crippen molar-refractivity contribution in [2.45, 2.75) is 40.5 Å². The molecule has 38 heavy (non-hydrogen) atoms. The third-order valence-electron chi connectivity index (χ3n) is 6.72. The molecule has 0 aliphatic heterocycles. The third-order valence-corrected chi connectivity index (χ3v) is 6.72. The maximum atomic E-state index is 13.5. The summed E-state index contributed by atoms with van der Waals surface area (Å²) in [4.78, 5) is 56.8. The molecule has 0 fully saturated rings. The second kappa shape index (κ2) is 15.6. The van der Waals surface area contributed by atoms with Crippen LogP contribution in [-0.4, -0.2) is 72.4 Å². The SMILES string of the molecule is CCN(CC)CCC(=O)Nc1ccc(NC(=O)CCN(CC)CC)c2c1C(=O)c1ccccc1C2=O.Cl.Cl. The van der Waals surface area contributed by atoms with Gasteiger partial charge in [0, 0.05) is 37.1 Å². The van der Waals surface area contributed by atoms with Gasteiger partial charge in [-0.25, -0.2) is 0 Å². The van der Waals surface area contributed by atoms with Gasteiger partial charge in [-0.05, 0) is 38.3 Å². The molecular weight excluding hydrogens is 527 g/mol. The van der Waals surface area contributed by atoms with Crippen LogP contribution in [0.1, 0.15) is 72.4 Å². The first-order chi connectivity index (χ1) is 17.3. The topological polar surface area (TPSA) is 98.8 Å². The molecular formula is C28H38Cl2N4O4. The van der Waals surface area contributed by atoms with Gasteiger partial charge >= 0.3 is 0 Å². The Morgan fingerprint density at radius 2 is 0.974 bits per heavy atom. The largest absolute Gasteiger partial charge is 0.325 e. The first-order valence-electron chi connectivity index (χ1n) is 12.7. The average molecular weight is 566 g/mol. The minimum Gasteiger partial charge on any atom is -0.325 e. The van der Waals surface area contributed by atoms with Crippen LogP contribution in [-0.2, 0) is 9.59 Å². The average Bonchev–Trinajstić information content (AvgIpc) is 2.89. The highest BCUT2D eigenvalue weighted by Crippen LogP contribution is 2.36. The number of anilines is 2. The van der Waals surface area contributed by atoms with Crippen molar-refractivity contribution in [3.8, 4) is 0 Å². The molecule has 2 aromatic carbocycles. The molecule has 0 saturated heterocycles. The first kappa shape index (κ1) is 33.2. The molecule has 0 aromatic heterocycles. The molecule has 10 heteroatoms. The van der Waals surface area contributed by atoms with Crippen LogP contribution in [0.4, 0.5) is 11.4 Å². The molecule has 0 radical (unpaired) electrons. The Hall–Kier alpha value is -2.78. The Morgan fingerprint density at radius 3 is 1.29 bits per heavy atom. The van der Waals surface area contributed by atoms with Crippen LogP contribution in [0.5, 0.6) is 0 Å². The quantitative estimate of drug-likeness (QED) is 0.332. The lowest BCUT2D eigenvalue weighted by molar-refractivity contribution is -0.117. The van der Waals surface area contributed by atoms with E-state index in [-0.39, 0.29) is 83.5 Å². The molecule has 2 N–H and O–H groups in total. The van der Waals surface area contributed by atoms with Gasteiger partial charge in [0.05, 0.1) is 22.5 Å². The van der Waals surface area contributed by atoms with Gasteiger partial charge in [0.15, 0.2) is 11.6 Å². The van der Waals surface area contributed by atoms with Gasteiger partial charge in [-0.2, -0.15) is 0 Å². The standard InChI is InChI=1S/C28H36N4O4.2ClH/c1-5-31(6-2)17-15-23(33)29-21-13-14-22(30-24(34)16-18-32(7-3)8-4)26-25(21)27(35)19-11-9-10-12-20(19)28(26)36;;/h9-14H,5-8,15-18H2,1-4H3,(H,29,33)(H,30,34);2*1H. The van der Waals surface area contributed by atoms with Gasteiger partial charge in [0.2, 0.25) is 11.8 Å². The summed E-state index contributed by atoms with van der Waals surface area (Å²) in [5.74, 6) is -1.17. The van der Waals surface area contributed by atoms with Crippen molar-refractivity contribution in [2.24, 2.45) is 0 Å². The van der Waals surface area contributed by atoms with Crippen molar-refractivity contribution < 1.29 is 19.2 Å². The van der Waals surface area contributed by atoms with Crippen LogP contribution in [0.15, 0.2) is 36.4 Å². The number of nitrogens with one attached hydrogen (secondary N) is 2. The molecule has 8 nitrogen and oxygen atoms in total. The molecule has 0 unspecified atom stereocenters.